The van der Waals surface area contributed by atoms with Crippen LogP contribution >= 0.6 is 11.6 Å². The Labute approximate surface area is 276 Å². The average Bonchev–Trinajstić information content (AvgIpc) is 3.39. The summed E-state index contributed by atoms with van der Waals surface area (Å²) in [4.78, 5) is 23.9. The Hall–Kier alpha value is -3.73. The molecular formula is C35H50ClFN8O. The van der Waals surface area contributed by atoms with Crippen LogP contribution in [0.15, 0.2) is 58.4 Å². The van der Waals surface area contributed by atoms with E-state index in [2.05, 4.69) is 67.9 Å². The van der Waals surface area contributed by atoms with Gasteiger partial charge in [-0.25, -0.2) is 9.18 Å². The van der Waals surface area contributed by atoms with Gasteiger partial charge in [-0.15, -0.1) is 0 Å². The van der Waals surface area contributed by atoms with Crippen molar-refractivity contribution >= 4 is 28.6 Å². The van der Waals surface area contributed by atoms with E-state index in [4.69, 9.17) is 28.8 Å². The standard InChI is InChI=1S/C21H29N7O.C14H21ClFN/c1-21(2,3)17-11-15-13-28(20(29)27-18(15)26-17)16-7-5-14(6-8-16)12-24-9-4-10-25-19(22)23;1-14(2,3)11-8-10(6-4-5-7-17)13(16)9-12(11)15/h5-8,11,13,24H,4,9-10,12H2,1-3H3,(H4,22,23,25)(H,26,27,29);8-9H,4-7,17H2,1-3H3. The topological polar surface area (TPSA) is 153 Å². The second kappa shape index (κ2) is 16.2. The van der Waals surface area contributed by atoms with Gasteiger partial charge in [0.25, 0.3) is 0 Å². The molecule has 46 heavy (non-hydrogen) atoms. The second-order valence-corrected chi connectivity index (χ2v) is 14.0. The van der Waals surface area contributed by atoms with E-state index in [9.17, 15) is 9.18 Å². The number of aromatic amines is 1. The van der Waals surface area contributed by atoms with Gasteiger partial charge in [-0.05, 0) is 85.1 Å². The third-order valence-electron chi connectivity index (χ3n) is 7.51. The molecule has 2 heterocycles. The highest BCUT2D eigenvalue weighted by molar-refractivity contribution is 6.31. The molecule has 0 spiro atoms. The predicted octanol–water partition coefficient (Wildman–Crippen LogP) is 5.82. The van der Waals surface area contributed by atoms with Crippen LogP contribution in [0, 0.1) is 5.82 Å². The molecule has 2 aromatic carbocycles. The molecule has 0 aliphatic rings. The van der Waals surface area contributed by atoms with Crippen molar-refractivity contribution in [2.24, 2.45) is 22.2 Å². The summed E-state index contributed by atoms with van der Waals surface area (Å²) in [6.45, 7) is 15.4. The van der Waals surface area contributed by atoms with Gasteiger partial charge < -0.3 is 27.5 Å². The van der Waals surface area contributed by atoms with Crippen molar-refractivity contribution in [3.63, 3.8) is 0 Å². The van der Waals surface area contributed by atoms with Crippen molar-refractivity contribution in [1.82, 2.24) is 19.9 Å². The summed E-state index contributed by atoms with van der Waals surface area (Å²) in [6, 6.07) is 13.3. The largest absolute Gasteiger partial charge is 0.370 e. The third-order valence-corrected chi connectivity index (χ3v) is 7.82. The molecule has 0 amide bonds. The van der Waals surface area contributed by atoms with Gasteiger partial charge >= 0.3 is 5.69 Å². The molecular weight excluding hydrogens is 603 g/mol. The smallest absolute Gasteiger partial charge is 0.354 e. The van der Waals surface area contributed by atoms with Crippen LogP contribution in [0.3, 0.4) is 0 Å². The molecule has 9 nitrogen and oxygen atoms in total. The van der Waals surface area contributed by atoms with Gasteiger partial charge in [0.2, 0.25) is 0 Å². The Morgan fingerprint density at radius 3 is 2.33 bits per heavy atom. The first-order valence-corrected chi connectivity index (χ1v) is 16.1. The van der Waals surface area contributed by atoms with Crippen LogP contribution in [0.5, 0.6) is 0 Å². The maximum atomic E-state index is 13.7. The number of nitrogens with one attached hydrogen (secondary N) is 2. The molecule has 2 aromatic heterocycles. The van der Waals surface area contributed by atoms with Gasteiger partial charge in [0.15, 0.2) is 5.96 Å². The van der Waals surface area contributed by atoms with Crippen LogP contribution < -0.4 is 28.2 Å². The molecule has 0 aliphatic carbocycles. The number of unbranched alkanes of at least 4 members (excludes halogenated alkanes) is 1. The summed E-state index contributed by atoms with van der Waals surface area (Å²) >= 11 is 6.09. The summed E-state index contributed by atoms with van der Waals surface area (Å²) < 4.78 is 15.3. The molecule has 0 atom stereocenters. The number of H-pyrrole nitrogens is 1. The Morgan fingerprint density at radius 2 is 1.72 bits per heavy atom. The quantitative estimate of drug-likeness (QED) is 0.0782. The molecule has 0 saturated heterocycles. The molecule has 0 unspecified atom stereocenters. The summed E-state index contributed by atoms with van der Waals surface area (Å²) in [5, 5.41) is 4.78. The summed E-state index contributed by atoms with van der Waals surface area (Å²) in [6.07, 6.45) is 5.27. The number of halogens is 2. The van der Waals surface area contributed by atoms with E-state index in [1.165, 1.54) is 6.07 Å². The monoisotopic (exact) mass is 652 g/mol. The minimum Gasteiger partial charge on any atom is -0.370 e. The number of fused-ring (bicyclic) bond motifs is 1. The van der Waals surface area contributed by atoms with Gasteiger partial charge in [0, 0.05) is 40.8 Å². The lowest BCUT2D eigenvalue weighted by Crippen LogP contribution is -2.23. The molecule has 250 valence electrons. The number of aliphatic imine (C=N–C) groups is 1. The van der Waals surface area contributed by atoms with Gasteiger partial charge in [-0.2, -0.15) is 4.98 Å². The van der Waals surface area contributed by atoms with E-state index in [0.29, 0.717) is 23.8 Å². The first-order chi connectivity index (χ1) is 21.6. The van der Waals surface area contributed by atoms with E-state index >= 15 is 0 Å². The number of aromatic nitrogens is 3. The van der Waals surface area contributed by atoms with Crippen molar-refractivity contribution in [2.45, 2.75) is 84.6 Å². The fourth-order valence-corrected chi connectivity index (χ4v) is 5.26. The van der Waals surface area contributed by atoms with Crippen LogP contribution in [0.2, 0.25) is 5.02 Å². The zero-order valence-electron chi connectivity index (χ0n) is 28.0. The molecule has 0 radical (unpaired) electrons. The van der Waals surface area contributed by atoms with Crippen molar-refractivity contribution in [3.05, 3.63) is 92.4 Å². The van der Waals surface area contributed by atoms with Crippen LogP contribution in [0.25, 0.3) is 16.7 Å². The Kier molecular flexibility index (Phi) is 12.9. The van der Waals surface area contributed by atoms with Crippen LogP contribution in [0.4, 0.5) is 4.39 Å². The molecule has 8 N–H and O–H groups in total. The van der Waals surface area contributed by atoms with Crippen molar-refractivity contribution in [3.8, 4) is 5.69 Å². The van der Waals surface area contributed by atoms with Crippen LogP contribution in [-0.4, -0.2) is 40.1 Å². The number of nitrogens with zero attached hydrogens (tertiary/aromatic N) is 3. The number of hydrogen-bond donors (Lipinski definition) is 5. The lowest BCUT2D eigenvalue weighted by Gasteiger charge is -2.22. The van der Waals surface area contributed by atoms with Gasteiger partial charge in [0.05, 0.1) is 5.69 Å². The number of hydrogen-bond acceptors (Lipinski definition) is 5. The highest BCUT2D eigenvalue weighted by Gasteiger charge is 2.20. The maximum absolute atomic E-state index is 13.7. The highest BCUT2D eigenvalue weighted by Crippen LogP contribution is 2.32. The first kappa shape index (κ1) is 36.7. The van der Waals surface area contributed by atoms with Gasteiger partial charge in [0.1, 0.15) is 11.5 Å². The third kappa shape index (κ3) is 10.7. The zero-order valence-corrected chi connectivity index (χ0v) is 28.8. The van der Waals surface area contributed by atoms with Crippen molar-refractivity contribution < 1.29 is 4.39 Å². The lowest BCUT2D eigenvalue weighted by molar-refractivity contribution is 0.572. The highest BCUT2D eigenvalue weighted by atomic mass is 35.5. The van der Waals surface area contributed by atoms with Crippen molar-refractivity contribution in [2.75, 3.05) is 19.6 Å². The summed E-state index contributed by atoms with van der Waals surface area (Å²) in [5.41, 5.74) is 21.0. The SMILES string of the molecule is CC(C)(C)c1cc(CCCCN)c(F)cc1Cl.CC(C)(C)c1cc2cn(-c3ccc(CNCCCN=C(N)N)cc3)c(=O)nc2[nH]1. The molecule has 0 bridgehead atoms. The molecule has 0 aliphatic heterocycles. The Morgan fingerprint density at radius 1 is 1.02 bits per heavy atom. The number of rotatable bonds is 11. The lowest BCUT2D eigenvalue weighted by atomic mass is 9.85. The number of guanidine groups is 1. The summed E-state index contributed by atoms with van der Waals surface area (Å²) in [5.74, 6) is -0.0854. The normalized spacial score (nSPS) is 11.8. The number of aryl methyl sites for hydroxylation is 1. The number of benzene rings is 2. The van der Waals surface area contributed by atoms with Gasteiger partial charge in [-0.1, -0.05) is 71.3 Å². The fraction of sp³-hybridized carbons (Fsp3) is 0.457. The van der Waals surface area contributed by atoms with E-state index < -0.39 is 0 Å². The van der Waals surface area contributed by atoms with E-state index in [0.717, 1.165) is 72.2 Å². The molecule has 11 heteroatoms. The van der Waals surface area contributed by atoms with Crippen LogP contribution in [-0.2, 0) is 23.8 Å². The van der Waals surface area contributed by atoms with Gasteiger partial charge in [-0.3, -0.25) is 9.56 Å². The Bertz CT molecular complexity index is 1660. The maximum Gasteiger partial charge on any atom is 0.354 e. The predicted molar refractivity (Wildman–Crippen MR) is 189 cm³/mol. The molecule has 0 fully saturated rings. The second-order valence-electron chi connectivity index (χ2n) is 13.6. The summed E-state index contributed by atoms with van der Waals surface area (Å²) in [7, 11) is 0. The minimum absolute atomic E-state index is 0.0352. The minimum atomic E-state index is -0.301. The van der Waals surface area contributed by atoms with Crippen molar-refractivity contribution in [1.29, 1.82) is 0 Å². The molecule has 4 rings (SSSR count). The molecule has 0 saturated carbocycles. The van der Waals surface area contributed by atoms with E-state index in [-0.39, 0.29) is 28.3 Å². The average molecular weight is 653 g/mol. The number of nitrogens with two attached hydrogens (primary N) is 3. The van der Waals surface area contributed by atoms with E-state index in [1.807, 2.05) is 36.5 Å². The molecule has 4 aromatic rings. The first-order valence-electron chi connectivity index (χ1n) is 15.8. The van der Waals surface area contributed by atoms with E-state index in [1.54, 1.807) is 4.57 Å². The Balaban J connectivity index is 0.000000289. The van der Waals surface area contributed by atoms with Crippen LogP contribution in [0.1, 0.15) is 83.2 Å². The zero-order chi connectivity index (χ0) is 34.1. The fourth-order valence-electron chi connectivity index (χ4n) is 4.82.